The minimum absolute atomic E-state index is 0.190. The monoisotopic (exact) mass is 468 g/mol. The van der Waals surface area contributed by atoms with E-state index in [4.69, 9.17) is 19.4 Å². The minimum Gasteiger partial charge on any atom is -0.379 e. The molecule has 0 amide bonds. The van der Waals surface area contributed by atoms with E-state index in [0.29, 0.717) is 6.61 Å². The van der Waals surface area contributed by atoms with Gasteiger partial charge in [-0.2, -0.15) is 0 Å². The minimum atomic E-state index is -0.190. The molecule has 9 heteroatoms. The molecule has 0 atom stereocenters. The van der Waals surface area contributed by atoms with E-state index in [1.807, 2.05) is 0 Å². The van der Waals surface area contributed by atoms with Gasteiger partial charge in [-0.25, -0.2) is 15.0 Å². The third kappa shape index (κ3) is 4.05. The zero-order valence-electron chi connectivity index (χ0n) is 19.5. The molecule has 6 rings (SSSR count). The molecule has 33 heavy (non-hydrogen) atoms. The molecule has 0 spiro atoms. The molecule has 3 aliphatic rings. The van der Waals surface area contributed by atoms with Crippen LogP contribution in [0.25, 0.3) is 20.4 Å². The molecule has 0 bridgehead atoms. The molecule has 0 unspecified atom stereocenters. The third-order valence-corrected chi connectivity index (χ3v) is 8.12. The highest BCUT2D eigenvalue weighted by Crippen LogP contribution is 2.44. The van der Waals surface area contributed by atoms with Crippen LogP contribution in [-0.4, -0.2) is 77.9 Å². The van der Waals surface area contributed by atoms with E-state index in [1.165, 1.54) is 29.4 Å². The summed E-state index contributed by atoms with van der Waals surface area (Å²) in [6, 6.07) is 0. The molecule has 1 N–H and O–H groups in total. The highest BCUT2D eigenvalue weighted by atomic mass is 32.1. The maximum absolute atomic E-state index is 6.24. The first-order valence-electron chi connectivity index (χ1n) is 12.1. The maximum Gasteiger partial charge on any atom is 0.147 e. The number of anilines is 2. The number of nitrogens with zero attached hydrogens (tertiary/aromatic N) is 5. The molecule has 0 aliphatic carbocycles. The number of hydrogen-bond acceptors (Lipinski definition) is 9. The first kappa shape index (κ1) is 21.5. The molecular formula is C24H32N6O2S. The second-order valence-electron chi connectivity index (χ2n) is 9.87. The van der Waals surface area contributed by atoms with Gasteiger partial charge >= 0.3 is 0 Å². The van der Waals surface area contributed by atoms with E-state index < -0.39 is 0 Å². The van der Waals surface area contributed by atoms with E-state index in [-0.39, 0.29) is 5.60 Å². The number of nitrogens with one attached hydrogen (secondary N) is 1. The fraction of sp³-hybridized carbons (Fsp3) is 0.625. The van der Waals surface area contributed by atoms with Gasteiger partial charge in [-0.1, -0.05) is 0 Å². The average Bonchev–Trinajstić information content (AvgIpc) is 3.47. The summed E-state index contributed by atoms with van der Waals surface area (Å²) in [6.45, 7) is 12.6. The lowest BCUT2D eigenvalue weighted by molar-refractivity contribution is -0.0395. The molecule has 0 radical (unpaired) electrons. The Labute approximate surface area is 198 Å². The number of fused-ring (bicyclic) bond motifs is 5. The smallest absolute Gasteiger partial charge is 0.147 e. The Balaban J connectivity index is 1.40. The van der Waals surface area contributed by atoms with Crippen molar-refractivity contribution >= 4 is 43.4 Å². The van der Waals surface area contributed by atoms with Crippen molar-refractivity contribution in [3.63, 3.8) is 0 Å². The second kappa shape index (κ2) is 8.61. The maximum atomic E-state index is 6.24. The van der Waals surface area contributed by atoms with Crippen LogP contribution < -0.4 is 10.2 Å². The van der Waals surface area contributed by atoms with Crippen molar-refractivity contribution in [3.8, 4) is 0 Å². The van der Waals surface area contributed by atoms with Crippen LogP contribution >= 0.6 is 11.3 Å². The Morgan fingerprint density at radius 1 is 1.09 bits per heavy atom. The van der Waals surface area contributed by atoms with Gasteiger partial charge in [-0.3, -0.25) is 4.90 Å². The molecule has 2 saturated heterocycles. The number of pyridine rings is 1. The Bertz CT molecular complexity index is 1170. The summed E-state index contributed by atoms with van der Waals surface area (Å²) < 4.78 is 12.8. The fourth-order valence-corrected chi connectivity index (χ4v) is 6.38. The Morgan fingerprint density at radius 2 is 1.91 bits per heavy atom. The van der Waals surface area contributed by atoms with Gasteiger partial charge in [0.1, 0.15) is 22.8 Å². The van der Waals surface area contributed by atoms with Crippen LogP contribution in [0.15, 0.2) is 6.33 Å². The topological polar surface area (TPSA) is 75.6 Å². The number of hydrogen-bond donors (Lipinski definition) is 1. The summed E-state index contributed by atoms with van der Waals surface area (Å²) in [5, 5.41) is 4.77. The first-order valence-corrected chi connectivity index (χ1v) is 12.9. The SMILES string of the molecule is CC1(C)Cc2c(c(N3CCCC3)nc3sc4c(NCCN5CCOCC5)ncnc4c23)CO1. The summed E-state index contributed by atoms with van der Waals surface area (Å²) in [5.41, 5.74) is 3.45. The van der Waals surface area contributed by atoms with E-state index in [2.05, 4.69) is 33.9 Å². The standard InChI is InChI=1S/C24H32N6O2S/c1-24(2)13-16-17(14-32-24)22(30-6-3-4-7-30)28-23-18(16)19-20(33-23)21(27-15-26-19)25-5-8-29-9-11-31-12-10-29/h15H,3-14H2,1-2H3,(H,25,26,27). The van der Waals surface area contributed by atoms with Crippen LogP contribution in [-0.2, 0) is 22.5 Å². The number of thiophene rings is 1. The highest BCUT2D eigenvalue weighted by Gasteiger charge is 2.33. The fourth-order valence-electron chi connectivity index (χ4n) is 5.26. The molecule has 2 fully saturated rings. The molecule has 176 valence electrons. The van der Waals surface area contributed by atoms with Crippen LogP contribution in [0.1, 0.15) is 37.8 Å². The van der Waals surface area contributed by atoms with Gasteiger partial charge in [0.15, 0.2) is 0 Å². The summed E-state index contributed by atoms with van der Waals surface area (Å²) in [7, 11) is 0. The molecule has 3 aromatic heterocycles. The lowest BCUT2D eigenvalue weighted by atomic mass is 9.90. The van der Waals surface area contributed by atoms with Crippen LogP contribution in [0.2, 0.25) is 0 Å². The molecule has 3 aromatic rings. The lowest BCUT2D eigenvalue weighted by Crippen LogP contribution is -2.39. The van der Waals surface area contributed by atoms with Crippen molar-refractivity contribution in [2.75, 3.05) is 62.7 Å². The average molecular weight is 469 g/mol. The zero-order chi connectivity index (χ0) is 22.4. The van der Waals surface area contributed by atoms with Gasteiger partial charge in [0, 0.05) is 56.6 Å². The predicted molar refractivity (Wildman–Crippen MR) is 132 cm³/mol. The van der Waals surface area contributed by atoms with Crippen LogP contribution in [0.3, 0.4) is 0 Å². The van der Waals surface area contributed by atoms with Crippen molar-refractivity contribution in [1.82, 2.24) is 19.9 Å². The van der Waals surface area contributed by atoms with Gasteiger partial charge in [0.25, 0.3) is 0 Å². The molecular weight excluding hydrogens is 436 g/mol. The first-order chi connectivity index (χ1) is 16.1. The lowest BCUT2D eigenvalue weighted by Gasteiger charge is -2.34. The Hall–Kier alpha value is -2.07. The highest BCUT2D eigenvalue weighted by molar-refractivity contribution is 7.26. The largest absolute Gasteiger partial charge is 0.379 e. The van der Waals surface area contributed by atoms with Crippen LogP contribution in [0.4, 0.5) is 11.6 Å². The number of aromatic nitrogens is 3. The Morgan fingerprint density at radius 3 is 2.73 bits per heavy atom. The summed E-state index contributed by atoms with van der Waals surface area (Å²) in [5.74, 6) is 2.03. The number of morpholine rings is 1. The Kier molecular flexibility index (Phi) is 5.60. The van der Waals surface area contributed by atoms with Crippen LogP contribution in [0, 0.1) is 0 Å². The molecule has 0 saturated carbocycles. The van der Waals surface area contributed by atoms with E-state index in [0.717, 1.165) is 85.6 Å². The van der Waals surface area contributed by atoms with Crippen molar-refractivity contribution in [2.24, 2.45) is 0 Å². The van der Waals surface area contributed by atoms with E-state index >= 15 is 0 Å². The molecule has 6 heterocycles. The van der Waals surface area contributed by atoms with E-state index in [1.54, 1.807) is 17.7 Å². The number of rotatable bonds is 5. The quantitative estimate of drug-likeness (QED) is 0.610. The van der Waals surface area contributed by atoms with Crippen molar-refractivity contribution < 1.29 is 9.47 Å². The summed E-state index contributed by atoms with van der Waals surface area (Å²) in [6.07, 6.45) is 5.03. The molecule has 8 nitrogen and oxygen atoms in total. The van der Waals surface area contributed by atoms with Crippen LogP contribution in [0.5, 0.6) is 0 Å². The van der Waals surface area contributed by atoms with Crippen molar-refractivity contribution in [3.05, 3.63) is 17.5 Å². The van der Waals surface area contributed by atoms with Crippen molar-refractivity contribution in [2.45, 2.75) is 45.3 Å². The van der Waals surface area contributed by atoms with Gasteiger partial charge in [0.05, 0.1) is 35.6 Å². The summed E-state index contributed by atoms with van der Waals surface area (Å²) in [4.78, 5) is 20.5. The van der Waals surface area contributed by atoms with Crippen molar-refractivity contribution in [1.29, 1.82) is 0 Å². The van der Waals surface area contributed by atoms with Gasteiger partial charge in [-0.15, -0.1) is 11.3 Å². The number of ether oxygens (including phenoxy) is 2. The normalized spacial score (nSPS) is 21.1. The predicted octanol–water partition coefficient (Wildman–Crippen LogP) is 3.44. The van der Waals surface area contributed by atoms with Gasteiger partial charge in [0.2, 0.25) is 0 Å². The zero-order valence-corrected chi connectivity index (χ0v) is 20.3. The second-order valence-corrected chi connectivity index (χ2v) is 10.9. The summed E-state index contributed by atoms with van der Waals surface area (Å²) >= 11 is 1.72. The third-order valence-electron chi connectivity index (χ3n) is 7.04. The van der Waals surface area contributed by atoms with Gasteiger partial charge < -0.3 is 19.7 Å². The van der Waals surface area contributed by atoms with Gasteiger partial charge in [-0.05, 0) is 32.3 Å². The molecule has 0 aromatic carbocycles. The van der Waals surface area contributed by atoms with E-state index in [9.17, 15) is 0 Å². The molecule has 3 aliphatic heterocycles.